The number of hydrogen-bond donors (Lipinski definition) is 2. The molecule has 0 saturated carbocycles. The minimum absolute atomic E-state index is 0.0534. The number of carbonyl (C=O) groups is 1. The van der Waals surface area contributed by atoms with Crippen LogP contribution in [0.1, 0.15) is 50.9 Å². The van der Waals surface area contributed by atoms with Crippen LogP contribution in [-0.4, -0.2) is 23.5 Å². The monoisotopic (exact) mass is 263 g/mol. The van der Waals surface area contributed by atoms with Crippen LogP contribution in [0.15, 0.2) is 18.3 Å². The van der Waals surface area contributed by atoms with Crippen molar-refractivity contribution in [2.75, 3.05) is 11.9 Å². The number of rotatable bonds is 7. The van der Waals surface area contributed by atoms with E-state index in [0.29, 0.717) is 11.5 Å². The highest BCUT2D eigenvalue weighted by Crippen LogP contribution is 2.09. The Hall–Kier alpha value is -1.58. The number of anilines is 1. The van der Waals surface area contributed by atoms with E-state index in [4.69, 9.17) is 0 Å². The minimum Gasteiger partial charge on any atom is -0.370 e. The topological polar surface area (TPSA) is 54.0 Å². The van der Waals surface area contributed by atoms with Gasteiger partial charge in [0, 0.05) is 18.8 Å². The summed E-state index contributed by atoms with van der Waals surface area (Å²) in [6.45, 7) is 9.30. The third kappa shape index (κ3) is 4.89. The van der Waals surface area contributed by atoms with E-state index in [1.807, 2.05) is 19.1 Å². The molecule has 0 saturated heterocycles. The van der Waals surface area contributed by atoms with Crippen molar-refractivity contribution < 1.29 is 4.79 Å². The summed E-state index contributed by atoms with van der Waals surface area (Å²) in [4.78, 5) is 16.3. The molecule has 4 heteroatoms. The molecule has 1 aromatic heterocycles. The lowest BCUT2D eigenvalue weighted by atomic mass is 10.0. The van der Waals surface area contributed by atoms with Gasteiger partial charge in [0.25, 0.3) is 5.91 Å². The van der Waals surface area contributed by atoms with Crippen LogP contribution in [0.5, 0.6) is 0 Å². The molecule has 0 aliphatic rings. The third-order valence-electron chi connectivity index (χ3n) is 3.44. The van der Waals surface area contributed by atoms with Gasteiger partial charge in [-0.1, -0.05) is 27.2 Å². The standard InChI is InChI=1S/C15H25N3O/c1-5-9-16-14-8-7-13(10-17-14)15(19)18-12(4)11(3)6-2/h7-8,10-12H,5-6,9H2,1-4H3,(H,16,17)(H,18,19). The predicted octanol–water partition coefficient (Wildman–Crippen LogP) is 3.07. The van der Waals surface area contributed by atoms with Gasteiger partial charge in [0.05, 0.1) is 5.56 Å². The van der Waals surface area contributed by atoms with Gasteiger partial charge in [-0.3, -0.25) is 4.79 Å². The van der Waals surface area contributed by atoms with Crippen LogP contribution in [0.4, 0.5) is 5.82 Å². The Labute approximate surface area is 116 Å². The highest BCUT2D eigenvalue weighted by Gasteiger charge is 2.14. The Morgan fingerprint density at radius 2 is 2.05 bits per heavy atom. The molecular weight excluding hydrogens is 238 g/mol. The largest absolute Gasteiger partial charge is 0.370 e. The normalized spacial score (nSPS) is 13.7. The summed E-state index contributed by atoms with van der Waals surface area (Å²) in [7, 11) is 0. The fraction of sp³-hybridized carbons (Fsp3) is 0.600. The lowest BCUT2D eigenvalue weighted by molar-refractivity contribution is 0.0928. The molecule has 19 heavy (non-hydrogen) atoms. The van der Waals surface area contributed by atoms with Crippen molar-refractivity contribution in [2.24, 2.45) is 5.92 Å². The molecule has 0 aliphatic carbocycles. The highest BCUT2D eigenvalue weighted by molar-refractivity contribution is 5.94. The van der Waals surface area contributed by atoms with Crippen LogP contribution < -0.4 is 10.6 Å². The smallest absolute Gasteiger partial charge is 0.253 e. The summed E-state index contributed by atoms with van der Waals surface area (Å²) in [5, 5.41) is 6.20. The zero-order valence-electron chi connectivity index (χ0n) is 12.4. The molecule has 2 unspecified atom stereocenters. The molecule has 1 amide bonds. The van der Waals surface area contributed by atoms with E-state index in [2.05, 4.69) is 36.4 Å². The van der Waals surface area contributed by atoms with Gasteiger partial charge >= 0.3 is 0 Å². The molecule has 1 aromatic rings. The average Bonchev–Trinajstić information content (AvgIpc) is 2.44. The molecular formula is C15H25N3O. The van der Waals surface area contributed by atoms with Crippen molar-refractivity contribution in [3.8, 4) is 0 Å². The van der Waals surface area contributed by atoms with Crippen molar-refractivity contribution in [1.29, 1.82) is 0 Å². The molecule has 0 radical (unpaired) electrons. The maximum atomic E-state index is 12.0. The first-order valence-corrected chi connectivity index (χ1v) is 7.09. The lowest BCUT2D eigenvalue weighted by Gasteiger charge is -2.19. The first-order chi connectivity index (χ1) is 9.08. The van der Waals surface area contributed by atoms with Crippen LogP contribution in [0.25, 0.3) is 0 Å². The van der Waals surface area contributed by atoms with E-state index < -0.39 is 0 Å². The molecule has 0 fully saturated rings. The Balaban J connectivity index is 2.57. The van der Waals surface area contributed by atoms with Crippen molar-refractivity contribution in [1.82, 2.24) is 10.3 Å². The van der Waals surface area contributed by atoms with Gasteiger partial charge in [-0.15, -0.1) is 0 Å². The molecule has 2 atom stereocenters. The van der Waals surface area contributed by atoms with Gasteiger partial charge in [0.15, 0.2) is 0 Å². The molecule has 1 heterocycles. The van der Waals surface area contributed by atoms with Gasteiger partial charge in [0.2, 0.25) is 0 Å². The lowest BCUT2D eigenvalue weighted by Crippen LogP contribution is -2.36. The zero-order valence-corrected chi connectivity index (χ0v) is 12.4. The number of nitrogens with zero attached hydrogens (tertiary/aromatic N) is 1. The van der Waals surface area contributed by atoms with Crippen LogP contribution >= 0.6 is 0 Å². The summed E-state index contributed by atoms with van der Waals surface area (Å²) >= 11 is 0. The number of aromatic nitrogens is 1. The number of pyridine rings is 1. The van der Waals surface area contributed by atoms with Crippen molar-refractivity contribution >= 4 is 11.7 Å². The van der Waals surface area contributed by atoms with Gasteiger partial charge in [-0.25, -0.2) is 4.98 Å². The molecule has 0 bridgehead atoms. The molecule has 2 N–H and O–H groups in total. The number of hydrogen-bond acceptors (Lipinski definition) is 3. The molecule has 106 valence electrons. The quantitative estimate of drug-likeness (QED) is 0.795. The minimum atomic E-state index is -0.0534. The summed E-state index contributed by atoms with van der Waals surface area (Å²) in [5.74, 6) is 1.23. The fourth-order valence-electron chi connectivity index (χ4n) is 1.67. The summed E-state index contributed by atoms with van der Waals surface area (Å²) in [6.07, 6.45) is 3.73. The van der Waals surface area contributed by atoms with E-state index in [9.17, 15) is 4.79 Å². The molecule has 0 aliphatic heterocycles. The summed E-state index contributed by atoms with van der Waals surface area (Å²) in [6, 6.07) is 3.83. The van der Waals surface area contributed by atoms with Crippen LogP contribution in [0.3, 0.4) is 0 Å². The number of amides is 1. The Morgan fingerprint density at radius 1 is 1.32 bits per heavy atom. The molecule has 0 aromatic carbocycles. The molecule has 0 spiro atoms. The molecule has 4 nitrogen and oxygen atoms in total. The van der Waals surface area contributed by atoms with E-state index in [1.165, 1.54) is 0 Å². The number of carbonyl (C=O) groups excluding carboxylic acids is 1. The highest BCUT2D eigenvalue weighted by atomic mass is 16.1. The fourth-order valence-corrected chi connectivity index (χ4v) is 1.67. The van der Waals surface area contributed by atoms with E-state index in [-0.39, 0.29) is 11.9 Å². The zero-order chi connectivity index (χ0) is 14.3. The van der Waals surface area contributed by atoms with Crippen molar-refractivity contribution in [3.05, 3.63) is 23.9 Å². The van der Waals surface area contributed by atoms with Gasteiger partial charge in [0.1, 0.15) is 5.82 Å². The second-order valence-electron chi connectivity index (χ2n) is 5.01. The Bertz CT molecular complexity index is 389. The maximum Gasteiger partial charge on any atom is 0.253 e. The molecule has 1 rings (SSSR count). The van der Waals surface area contributed by atoms with Crippen molar-refractivity contribution in [3.63, 3.8) is 0 Å². The Morgan fingerprint density at radius 3 is 2.58 bits per heavy atom. The van der Waals surface area contributed by atoms with E-state index in [0.717, 1.165) is 25.2 Å². The predicted molar refractivity (Wildman–Crippen MR) is 79.4 cm³/mol. The van der Waals surface area contributed by atoms with E-state index in [1.54, 1.807) is 6.20 Å². The first-order valence-electron chi connectivity index (χ1n) is 7.09. The Kier molecular flexibility index (Phi) is 6.33. The van der Waals surface area contributed by atoms with Crippen LogP contribution in [0.2, 0.25) is 0 Å². The summed E-state index contributed by atoms with van der Waals surface area (Å²) < 4.78 is 0. The maximum absolute atomic E-state index is 12.0. The average molecular weight is 263 g/mol. The SMILES string of the molecule is CCCNc1ccc(C(=O)NC(C)C(C)CC)cn1. The van der Waals surface area contributed by atoms with E-state index >= 15 is 0 Å². The van der Waals surface area contributed by atoms with Crippen LogP contribution in [-0.2, 0) is 0 Å². The number of nitrogens with one attached hydrogen (secondary N) is 2. The van der Waals surface area contributed by atoms with Crippen LogP contribution in [0, 0.1) is 5.92 Å². The summed E-state index contributed by atoms with van der Waals surface area (Å²) in [5.41, 5.74) is 0.609. The first kappa shape index (κ1) is 15.5. The van der Waals surface area contributed by atoms with Gasteiger partial charge in [-0.2, -0.15) is 0 Å². The van der Waals surface area contributed by atoms with Gasteiger partial charge in [-0.05, 0) is 31.4 Å². The second kappa shape index (κ2) is 7.77. The van der Waals surface area contributed by atoms with Crippen molar-refractivity contribution in [2.45, 2.75) is 46.6 Å². The van der Waals surface area contributed by atoms with Gasteiger partial charge < -0.3 is 10.6 Å². The second-order valence-corrected chi connectivity index (χ2v) is 5.01. The third-order valence-corrected chi connectivity index (χ3v) is 3.44.